The maximum absolute atomic E-state index is 13.9. The summed E-state index contributed by atoms with van der Waals surface area (Å²) < 4.78 is 56.2. The van der Waals surface area contributed by atoms with Crippen molar-refractivity contribution in [1.82, 2.24) is 9.97 Å². The highest BCUT2D eigenvalue weighted by molar-refractivity contribution is 5.68. The van der Waals surface area contributed by atoms with Crippen molar-refractivity contribution < 1.29 is 22.3 Å². The number of hydrogen-bond acceptors (Lipinski definition) is 3. The number of rotatable bonds is 8. The van der Waals surface area contributed by atoms with E-state index in [1.807, 2.05) is 0 Å². The minimum Gasteiger partial charge on any atom is -0.429 e. The summed E-state index contributed by atoms with van der Waals surface area (Å²) in [7, 11) is 0. The minimum atomic E-state index is -3.30. The molecule has 0 aliphatic carbocycles. The minimum absolute atomic E-state index is 0.209. The molecular formula is C22H20F4N2O. The van der Waals surface area contributed by atoms with Gasteiger partial charge in [-0.05, 0) is 41.7 Å². The van der Waals surface area contributed by atoms with E-state index in [1.54, 1.807) is 36.7 Å². The van der Waals surface area contributed by atoms with Gasteiger partial charge in [0.2, 0.25) is 0 Å². The standard InChI is InChI=1S/C22H20F4N2O/c1-2-3-4-5-14-12-27-21(28-13-14)16-8-6-15(7-9-16)17-10-18(23)20(19(24)11-17)29-22(25)26/h6-13,22H,2-5H2,1H3. The number of unbranched alkanes of at least 4 members (excludes halogenated alkanes) is 2. The first-order valence-electron chi connectivity index (χ1n) is 9.33. The summed E-state index contributed by atoms with van der Waals surface area (Å²) in [6, 6.07) is 8.71. The molecule has 29 heavy (non-hydrogen) atoms. The summed E-state index contributed by atoms with van der Waals surface area (Å²) in [6.07, 6.45) is 7.97. The number of nitrogens with zero attached hydrogens (tertiary/aromatic N) is 2. The van der Waals surface area contributed by atoms with Crippen LogP contribution in [-0.4, -0.2) is 16.6 Å². The molecular weight excluding hydrogens is 384 g/mol. The van der Waals surface area contributed by atoms with Crippen molar-refractivity contribution in [1.29, 1.82) is 0 Å². The molecule has 152 valence electrons. The van der Waals surface area contributed by atoms with E-state index < -0.39 is 24.0 Å². The molecule has 0 aliphatic heterocycles. The molecule has 0 bridgehead atoms. The van der Waals surface area contributed by atoms with Gasteiger partial charge in [-0.15, -0.1) is 0 Å². The van der Waals surface area contributed by atoms with Gasteiger partial charge in [0.1, 0.15) is 0 Å². The van der Waals surface area contributed by atoms with Crippen LogP contribution in [0.15, 0.2) is 48.8 Å². The molecule has 3 nitrogen and oxygen atoms in total. The smallest absolute Gasteiger partial charge is 0.387 e. The molecule has 7 heteroatoms. The molecule has 0 amide bonds. The molecule has 0 saturated carbocycles. The first-order chi connectivity index (χ1) is 14.0. The Balaban J connectivity index is 1.76. The van der Waals surface area contributed by atoms with Crippen LogP contribution in [0.2, 0.25) is 0 Å². The maximum Gasteiger partial charge on any atom is 0.387 e. The highest BCUT2D eigenvalue weighted by Gasteiger charge is 2.17. The Morgan fingerprint density at radius 1 is 0.862 bits per heavy atom. The highest BCUT2D eigenvalue weighted by atomic mass is 19.3. The Morgan fingerprint density at radius 2 is 1.45 bits per heavy atom. The second-order valence-corrected chi connectivity index (χ2v) is 6.60. The van der Waals surface area contributed by atoms with E-state index in [0.29, 0.717) is 11.4 Å². The number of ether oxygens (including phenoxy) is 1. The van der Waals surface area contributed by atoms with Crippen molar-refractivity contribution in [2.45, 2.75) is 39.2 Å². The third-order valence-electron chi connectivity index (χ3n) is 4.46. The van der Waals surface area contributed by atoms with Crippen LogP contribution in [0.4, 0.5) is 17.6 Å². The fraction of sp³-hybridized carbons (Fsp3) is 0.273. The molecule has 0 unspecified atom stereocenters. The number of halogens is 4. The molecule has 2 aromatic carbocycles. The van der Waals surface area contributed by atoms with Crippen LogP contribution in [0.1, 0.15) is 31.7 Å². The third-order valence-corrected chi connectivity index (χ3v) is 4.46. The van der Waals surface area contributed by atoms with Gasteiger partial charge in [-0.2, -0.15) is 8.78 Å². The average molecular weight is 404 g/mol. The highest BCUT2D eigenvalue weighted by Crippen LogP contribution is 2.31. The van der Waals surface area contributed by atoms with Crippen LogP contribution in [0.5, 0.6) is 5.75 Å². The monoisotopic (exact) mass is 404 g/mol. The average Bonchev–Trinajstić information content (AvgIpc) is 2.71. The fourth-order valence-electron chi connectivity index (χ4n) is 2.95. The Kier molecular flexibility index (Phi) is 6.80. The number of aromatic nitrogens is 2. The molecule has 0 aliphatic rings. The van der Waals surface area contributed by atoms with E-state index in [0.717, 1.165) is 42.5 Å². The van der Waals surface area contributed by atoms with Gasteiger partial charge in [-0.25, -0.2) is 18.7 Å². The molecule has 0 saturated heterocycles. The van der Waals surface area contributed by atoms with Crippen molar-refractivity contribution in [3.05, 3.63) is 66.0 Å². The predicted molar refractivity (Wildman–Crippen MR) is 103 cm³/mol. The van der Waals surface area contributed by atoms with Crippen LogP contribution in [0.3, 0.4) is 0 Å². The molecule has 3 aromatic rings. The molecule has 0 N–H and O–H groups in total. The number of hydrogen-bond donors (Lipinski definition) is 0. The second-order valence-electron chi connectivity index (χ2n) is 6.60. The third kappa shape index (κ3) is 5.31. The Hall–Kier alpha value is -2.96. The number of benzene rings is 2. The first kappa shape index (κ1) is 20.8. The number of alkyl halides is 2. The zero-order chi connectivity index (χ0) is 20.8. The Bertz CT molecular complexity index is 921. The van der Waals surface area contributed by atoms with Crippen LogP contribution in [0, 0.1) is 11.6 Å². The van der Waals surface area contributed by atoms with E-state index in [-0.39, 0.29) is 5.56 Å². The van der Waals surface area contributed by atoms with Gasteiger partial charge in [0.25, 0.3) is 0 Å². The lowest BCUT2D eigenvalue weighted by Crippen LogP contribution is -2.06. The van der Waals surface area contributed by atoms with Crippen molar-refractivity contribution in [2.75, 3.05) is 0 Å². The Morgan fingerprint density at radius 3 is 2.00 bits per heavy atom. The molecule has 0 radical (unpaired) electrons. The fourth-order valence-corrected chi connectivity index (χ4v) is 2.95. The van der Waals surface area contributed by atoms with Gasteiger partial charge < -0.3 is 4.74 Å². The molecule has 3 rings (SSSR count). The lowest BCUT2D eigenvalue weighted by atomic mass is 10.0. The van der Waals surface area contributed by atoms with E-state index in [2.05, 4.69) is 21.6 Å². The molecule has 1 heterocycles. The summed E-state index contributed by atoms with van der Waals surface area (Å²) in [4.78, 5) is 8.76. The van der Waals surface area contributed by atoms with E-state index in [9.17, 15) is 17.6 Å². The van der Waals surface area contributed by atoms with Gasteiger partial charge in [0, 0.05) is 18.0 Å². The summed E-state index contributed by atoms with van der Waals surface area (Å²) in [5.41, 5.74) is 2.56. The summed E-state index contributed by atoms with van der Waals surface area (Å²) >= 11 is 0. The van der Waals surface area contributed by atoms with Crippen LogP contribution < -0.4 is 4.74 Å². The topological polar surface area (TPSA) is 35.0 Å². The van der Waals surface area contributed by atoms with Crippen molar-refractivity contribution in [3.8, 4) is 28.3 Å². The van der Waals surface area contributed by atoms with E-state index in [4.69, 9.17) is 0 Å². The second kappa shape index (κ2) is 9.49. The summed E-state index contributed by atoms with van der Waals surface area (Å²) in [5.74, 6) is -2.92. The lowest BCUT2D eigenvalue weighted by molar-refractivity contribution is -0.0546. The molecule has 0 spiro atoms. The van der Waals surface area contributed by atoms with Crippen molar-refractivity contribution in [2.24, 2.45) is 0 Å². The SMILES string of the molecule is CCCCCc1cnc(-c2ccc(-c3cc(F)c(OC(F)F)c(F)c3)cc2)nc1. The van der Waals surface area contributed by atoms with Crippen molar-refractivity contribution in [3.63, 3.8) is 0 Å². The van der Waals surface area contributed by atoms with Crippen molar-refractivity contribution >= 4 is 0 Å². The van der Waals surface area contributed by atoms with Gasteiger partial charge in [-0.3, -0.25) is 0 Å². The van der Waals surface area contributed by atoms with Crippen LogP contribution >= 0.6 is 0 Å². The molecule has 0 atom stereocenters. The molecule has 1 aromatic heterocycles. The Labute approximate surface area is 166 Å². The van der Waals surface area contributed by atoms with Crippen LogP contribution in [-0.2, 0) is 6.42 Å². The normalized spacial score (nSPS) is 11.1. The maximum atomic E-state index is 13.9. The van der Waals surface area contributed by atoms with Gasteiger partial charge >= 0.3 is 6.61 Å². The van der Waals surface area contributed by atoms with Gasteiger partial charge in [0.05, 0.1) is 0 Å². The summed E-state index contributed by atoms with van der Waals surface area (Å²) in [5, 5.41) is 0. The zero-order valence-corrected chi connectivity index (χ0v) is 15.8. The van der Waals surface area contributed by atoms with Gasteiger partial charge in [-0.1, -0.05) is 44.0 Å². The lowest BCUT2D eigenvalue weighted by Gasteiger charge is -2.10. The predicted octanol–water partition coefficient (Wildman–Crippen LogP) is 6.42. The van der Waals surface area contributed by atoms with E-state index in [1.165, 1.54) is 6.42 Å². The first-order valence-corrected chi connectivity index (χ1v) is 9.33. The van der Waals surface area contributed by atoms with Gasteiger partial charge in [0.15, 0.2) is 23.2 Å². The quantitative estimate of drug-likeness (QED) is 0.321. The zero-order valence-electron chi connectivity index (χ0n) is 15.8. The largest absolute Gasteiger partial charge is 0.429 e. The number of aryl methyl sites for hydroxylation is 1. The van der Waals surface area contributed by atoms with E-state index >= 15 is 0 Å². The summed E-state index contributed by atoms with van der Waals surface area (Å²) in [6.45, 7) is -1.15. The molecule has 0 fully saturated rings. The van der Waals surface area contributed by atoms with Crippen LogP contribution in [0.25, 0.3) is 22.5 Å².